The van der Waals surface area contributed by atoms with Crippen molar-refractivity contribution in [1.82, 2.24) is 4.67 Å². The van der Waals surface area contributed by atoms with E-state index >= 15 is 0 Å². The molecule has 34 valence electrons. The zero-order valence-electron chi connectivity index (χ0n) is 4.45. The standard InChI is InChI=1S/C5H9N/c1-4-6-5(2)3/h1-3H3. The summed E-state index contributed by atoms with van der Waals surface area (Å²) in [7, 11) is 0. The first-order valence-electron chi connectivity index (χ1n) is 1.95. The van der Waals surface area contributed by atoms with Crippen molar-refractivity contribution < 1.29 is 0 Å². The number of nitrogens with zero attached hydrogens (tertiary/aromatic N) is 1. The van der Waals surface area contributed by atoms with Gasteiger partial charge in [-0.3, -0.25) is 4.67 Å². The average molecular weight is 83.1 g/mol. The Bertz CT molecular complexity index is 82.1. The van der Waals surface area contributed by atoms with Gasteiger partial charge in [0.05, 0.1) is 0 Å². The Morgan fingerprint density at radius 2 is 2.00 bits per heavy atom. The molecule has 0 rings (SSSR count). The van der Waals surface area contributed by atoms with E-state index in [-0.39, 0.29) is 0 Å². The Balaban J connectivity index is 3.73. The van der Waals surface area contributed by atoms with E-state index in [1.54, 1.807) is 6.92 Å². The molecule has 0 saturated heterocycles. The molecular formula is C5H9N. The third kappa shape index (κ3) is 3.45. The molecule has 0 aromatic carbocycles. The highest BCUT2D eigenvalue weighted by Gasteiger charge is 1.66. The molecule has 0 unspecified atom stereocenters. The van der Waals surface area contributed by atoms with Crippen LogP contribution in [0.25, 0.3) is 0 Å². The highest BCUT2D eigenvalue weighted by molar-refractivity contribution is 5.80. The smallest absolute Gasteiger partial charge is 0.153 e. The minimum Gasteiger partial charge on any atom is -0.293 e. The van der Waals surface area contributed by atoms with E-state index in [4.69, 9.17) is 0 Å². The van der Waals surface area contributed by atoms with Crippen molar-refractivity contribution in [2.75, 3.05) is 0 Å². The summed E-state index contributed by atoms with van der Waals surface area (Å²) in [5.41, 5.74) is 1.05. The first-order chi connectivity index (χ1) is 2.77. The van der Waals surface area contributed by atoms with Gasteiger partial charge in [0.2, 0.25) is 0 Å². The van der Waals surface area contributed by atoms with Gasteiger partial charge in [0, 0.05) is 0 Å². The van der Waals surface area contributed by atoms with Crippen molar-refractivity contribution in [3.63, 3.8) is 0 Å². The van der Waals surface area contributed by atoms with Gasteiger partial charge in [0.15, 0.2) is 6.21 Å². The lowest BCUT2D eigenvalue weighted by Gasteiger charge is -1.65. The van der Waals surface area contributed by atoms with Crippen molar-refractivity contribution in [3.8, 4) is 0 Å². The Labute approximate surface area is 38.4 Å². The third-order valence-electron chi connectivity index (χ3n) is 0.335. The van der Waals surface area contributed by atoms with Crippen LogP contribution in [0.3, 0.4) is 0 Å². The van der Waals surface area contributed by atoms with Crippen molar-refractivity contribution in [3.05, 3.63) is 0 Å². The molecule has 0 fully saturated rings. The molecule has 0 aromatic rings. The van der Waals surface area contributed by atoms with E-state index in [9.17, 15) is 0 Å². The second-order valence-corrected chi connectivity index (χ2v) is 1.28. The summed E-state index contributed by atoms with van der Waals surface area (Å²) in [6.45, 7) is 5.67. The van der Waals surface area contributed by atoms with E-state index in [1.165, 1.54) is 0 Å². The van der Waals surface area contributed by atoms with Gasteiger partial charge in [-0.05, 0) is 20.8 Å². The van der Waals surface area contributed by atoms with Crippen LogP contribution in [0.4, 0.5) is 0 Å². The SMILES string of the molecule is C[C-]=[N+]=C(C)C. The molecule has 0 bridgehead atoms. The molecule has 0 heterocycles. The predicted octanol–water partition coefficient (Wildman–Crippen LogP) is 0.502. The Morgan fingerprint density at radius 3 is 2.00 bits per heavy atom. The monoisotopic (exact) mass is 83.1 g/mol. The molecule has 0 aromatic heterocycles. The molecule has 0 radical (unpaired) electrons. The molecule has 6 heavy (non-hydrogen) atoms. The lowest BCUT2D eigenvalue weighted by Crippen LogP contribution is -1.84. The summed E-state index contributed by atoms with van der Waals surface area (Å²) in [5, 5.41) is 0. The van der Waals surface area contributed by atoms with Gasteiger partial charge in [-0.1, -0.05) is 0 Å². The van der Waals surface area contributed by atoms with Crippen molar-refractivity contribution >= 4 is 11.9 Å². The van der Waals surface area contributed by atoms with Gasteiger partial charge in [-0.25, -0.2) is 0 Å². The zero-order valence-corrected chi connectivity index (χ0v) is 4.45. The normalized spacial score (nSPS) is 6.50. The van der Waals surface area contributed by atoms with Crippen LogP contribution in [0.5, 0.6) is 0 Å². The van der Waals surface area contributed by atoms with Crippen LogP contribution in [-0.2, 0) is 0 Å². The third-order valence-corrected chi connectivity index (χ3v) is 0.335. The molecule has 1 heteroatoms. The first-order valence-corrected chi connectivity index (χ1v) is 1.95. The predicted molar refractivity (Wildman–Crippen MR) is 29.2 cm³/mol. The van der Waals surface area contributed by atoms with Crippen molar-refractivity contribution in [2.24, 2.45) is 0 Å². The summed E-state index contributed by atoms with van der Waals surface area (Å²) in [6, 6.07) is 0. The van der Waals surface area contributed by atoms with Crippen LogP contribution >= 0.6 is 0 Å². The summed E-state index contributed by atoms with van der Waals surface area (Å²) in [4.78, 5) is 0. The summed E-state index contributed by atoms with van der Waals surface area (Å²) in [6.07, 6.45) is 2.66. The van der Waals surface area contributed by atoms with E-state index in [0.717, 1.165) is 5.71 Å². The first kappa shape index (κ1) is 5.45. The van der Waals surface area contributed by atoms with Crippen molar-refractivity contribution in [1.29, 1.82) is 0 Å². The average Bonchev–Trinajstić information content (AvgIpc) is 1.35. The van der Waals surface area contributed by atoms with Gasteiger partial charge >= 0.3 is 0 Å². The van der Waals surface area contributed by atoms with Crippen LogP contribution in [0.15, 0.2) is 0 Å². The van der Waals surface area contributed by atoms with E-state index in [1.807, 2.05) is 13.8 Å². The van der Waals surface area contributed by atoms with Crippen LogP contribution in [-0.4, -0.2) is 11.9 Å². The second kappa shape index (κ2) is 2.67. The quantitative estimate of drug-likeness (QED) is 0.230. The molecule has 0 spiro atoms. The lowest BCUT2D eigenvalue weighted by atomic mass is 10.5. The fourth-order valence-electron chi connectivity index (χ4n) is 0.224. The molecular weight excluding hydrogens is 74.1 g/mol. The molecule has 0 amide bonds. The summed E-state index contributed by atoms with van der Waals surface area (Å²) < 4.78 is 3.79. The molecule has 0 N–H and O–H groups in total. The minimum absolute atomic E-state index is 1.05. The van der Waals surface area contributed by atoms with E-state index in [0.29, 0.717) is 0 Å². The maximum absolute atomic E-state index is 3.79. The Kier molecular flexibility index (Phi) is 2.43. The summed E-state index contributed by atoms with van der Waals surface area (Å²) >= 11 is 0. The number of rotatable bonds is 0. The highest BCUT2D eigenvalue weighted by atomic mass is 14.5. The Morgan fingerprint density at radius 1 is 1.50 bits per heavy atom. The zero-order chi connectivity index (χ0) is 4.99. The van der Waals surface area contributed by atoms with Gasteiger partial charge < -0.3 is 0 Å². The Hall–Kier alpha value is -0.550. The maximum Gasteiger partial charge on any atom is 0.153 e. The van der Waals surface area contributed by atoms with Gasteiger partial charge in [0.1, 0.15) is 5.71 Å². The number of hydrogen-bond acceptors (Lipinski definition) is 0. The van der Waals surface area contributed by atoms with Gasteiger partial charge in [-0.15, -0.1) is 0 Å². The lowest BCUT2D eigenvalue weighted by molar-refractivity contribution is 1.56. The summed E-state index contributed by atoms with van der Waals surface area (Å²) in [5.74, 6) is 0. The molecule has 0 aliphatic rings. The molecule has 0 saturated carbocycles. The maximum atomic E-state index is 3.79. The van der Waals surface area contributed by atoms with Crippen LogP contribution < -0.4 is 4.67 Å². The van der Waals surface area contributed by atoms with E-state index in [2.05, 4.69) is 10.9 Å². The minimum atomic E-state index is 1.05. The molecule has 1 nitrogen and oxygen atoms in total. The number of hydrogen-bond donors (Lipinski definition) is 0. The van der Waals surface area contributed by atoms with Crippen molar-refractivity contribution in [2.45, 2.75) is 20.8 Å². The fourth-order valence-corrected chi connectivity index (χ4v) is 0.224. The molecule has 0 aliphatic carbocycles. The second-order valence-electron chi connectivity index (χ2n) is 1.28. The highest BCUT2D eigenvalue weighted by Crippen LogP contribution is 1.51. The van der Waals surface area contributed by atoms with Gasteiger partial charge in [-0.2, -0.15) is 0 Å². The fraction of sp³-hybridized carbons (Fsp3) is 0.600. The molecule has 0 atom stereocenters. The largest absolute Gasteiger partial charge is 0.293 e. The van der Waals surface area contributed by atoms with Crippen LogP contribution in [0, 0.1) is 0 Å². The van der Waals surface area contributed by atoms with Crippen LogP contribution in [0.2, 0.25) is 0 Å². The topological polar surface area (TPSA) is 14.1 Å². The van der Waals surface area contributed by atoms with E-state index < -0.39 is 0 Å². The van der Waals surface area contributed by atoms with Gasteiger partial charge in [0.25, 0.3) is 0 Å². The molecule has 0 aliphatic heterocycles. The van der Waals surface area contributed by atoms with Crippen LogP contribution in [0.1, 0.15) is 20.8 Å².